The third-order valence-corrected chi connectivity index (χ3v) is 2.66. The highest BCUT2D eigenvalue weighted by Crippen LogP contribution is 2.20. The van der Waals surface area contributed by atoms with E-state index in [0.717, 1.165) is 19.5 Å². The summed E-state index contributed by atoms with van der Waals surface area (Å²) >= 11 is 0. The molecule has 4 nitrogen and oxygen atoms in total. The van der Waals surface area contributed by atoms with E-state index in [1.807, 2.05) is 12.1 Å². The van der Waals surface area contributed by atoms with Crippen LogP contribution in [-0.2, 0) is 0 Å². The minimum atomic E-state index is 0.223. The van der Waals surface area contributed by atoms with Gasteiger partial charge in [-0.3, -0.25) is 0 Å². The van der Waals surface area contributed by atoms with Gasteiger partial charge in [0.1, 0.15) is 6.10 Å². The average Bonchev–Trinajstić information content (AvgIpc) is 2.22. The van der Waals surface area contributed by atoms with Crippen LogP contribution >= 0.6 is 0 Å². The zero-order valence-corrected chi connectivity index (χ0v) is 9.02. The maximum Gasteiger partial charge on any atom is 0.237 e. The smallest absolute Gasteiger partial charge is 0.237 e. The fraction of sp³-hybridized carbons (Fsp3) is 0.545. The van der Waals surface area contributed by atoms with Gasteiger partial charge < -0.3 is 15.4 Å². The van der Waals surface area contributed by atoms with Crippen LogP contribution in [0.15, 0.2) is 18.3 Å². The number of piperidine rings is 1. The lowest BCUT2D eigenvalue weighted by Crippen LogP contribution is -2.38. The average molecular weight is 207 g/mol. The first-order valence-corrected chi connectivity index (χ1v) is 5.31. The van der Waals surface area contributed by atoms with E-state index in [1.54, 1.807) is 6.20 Å². The van der Waals surface area contributed by atoms with Crippen LogP contribution in [0.3, 0.4) is 0 Å². The fourth-order valence-corrected chi connectivity index (χ4v) is 1.87. The highest BCUT2D eigenvalue weighted by molar-refractivity contribution is 5.46. The zero-order valence-electron chi connectivity index (χ0n) is 9.02. The molecule has 1 fully saturated rings. The van der Waals surface area contributed by atoms with E-state index >= 15 is 0 Å². The Kier molecular flexibility index (Phi) is 3.06. The largest absolute Gasteiger partial charge is 0.472 e. The van der Waals surface area contributed by atoms with Crippen LogP contribution in [-0.4, -0.2) is 36.1 Å². The Morgan fingerprint density at radius 1 is 1.60 bits per heavy atom. The van der Waals surface area contributed by atoms with Gasteiger partial charge in [0.05, 0.1) is 5.69 Å². The Hall–Kier alpha value is -1.29. The molecule has 2 rings (SSSR count). The molecule has 1 aliphatic rings. The summed E-state index contributed by atoms with van der Waals surface area (Å²) in [4.78, 5) is 6.40. The minimum Gasteiger partial charge on any atom is -0.472 e. The molecule has 1 aromatic heterocycles. The van der Waals surface area contributed by atoms with Gasteiger partial charge in [-0.1, -0.05) is 0 Å². The molecule has 2 heterocycles. The van der Waals surface area contributed by atoms with Crippen LogP contribution in [0.1, 0.15) is 12.8 Å². The zero-order chi connectivity index (χ0) is 10.7. The Morgan fingerprint density at radius 2 is 2.47 bits per heavy atom. The first-order chi connectivity index (χ1) is 7.25. The van der Waals surface area contributed by atoms with Crippen molar-refractivity contribution in [1.29, 1.82) is 0 Å². The van der Waals surface area contributed by atoms with Gasteiger partial charge in [-0.2, -0.15) is 0 Å². The molecule has 2 N–H and O–H groups in total. The molecular formula is C11H17N3O. The number of pyridine rings is 1. The van der Waals surface area contributed by atoms with Crippen LogP contribution in [0.2, 0.25) is 0 Å². The van der Waals surface area contributed by atoms with E-state index in [-0.39, 0.29) is 6.10 Å². The SMILES string of the molecule is CN1CCC[C@@H](Oc2ncccc2N)C1. The fourth-order valence-electron chi connectivity index (χ4n) is 1.87. The van der Waals surface area contributed by atoms with Crippen LogP contribution in [0, 0.1) is 0 Å². The van der Waals surface area contributed by atoms with Crippen molar-refractivity contribution in [1.82, 2.24) is 9.88 Å². The number of hydrogen-bond acceptors (Lipinski definition) is 4. The standard InChI is InChI=1S/C11H17N3O/c1-14-7-3-4-9(8-14)15-11-10(12)5-2-6-13-11/h2,5-6,9H,3-4,7-8,12H2,1H3/t9-/m1/s1. The third-order valence-electron chi connectivity index (χ3n) is 2.66. The Balaban J connectivity index is 1.99. The predicted octanol–water partition coefficient (Wildman–Crippen LogP) is 1.14. The van der Waals surface area contributed by atoms with Gasteiger partial charge >= 0.3 is 0 Å². The second kappa shape index (κ2) is 4.49. The molecule has 0 bridgehead atoms. The van der Waals surface area contributed by atoms with Gasteiger partial charge in [0.25, 0.3) is 0 Å². The molecule has 15 heavy (non-hydrogen) atoms. The van der Waals surface area contributed by atoms with Gasteiger partial charge in [-0.25, -0.2) is 4.98 Å². The minimum absolute atomic E-state index is 0.223. The number of likely N-dealkylation sites (tertiary alicyclic amines) is 1. The number of nitrogens with zero attached hydrogens (tertiary/aromatic N) is 2. The van der Waals surface area contributed by atoms with Gasteiger partial charge in [0.2, 0.25) is 5.88 Å². The molecule has 1 atom stereocenters. The lowest BCUT2D eigenvalue weighted by Gasteiger charge is -2.29. The van der Waals surface area contributed by atoms with Crippen LogP contribution in [0.5, 0.6) is 5.88 Å². The summed E-state index contributed by atoms with van der Waals surface area (Å²) in [6, 6.07) is 3.63. The molecular weight excluding hydrogens is 190 g/mol. The molecule has 0 unspecified atom stereocenters. The quantitative estimate of drug-likeness (QED) is 0.790. The molecule has 1 aromatic rings. The summed E-state index contributed by atoms with van der Waals surface area (Å²) in [6.45, 7) is 2.10. The van der Waals surface area contributed by atoms with Crippen molar-refractivity contribution in [2.24, 2.45) is 0 Å². The summed E-state index contributed by atoms with van der Waals surface area (Å²) in [7, 11) is 2.11. The monoisotopic (exact) mass is 207 g/mol. The number of ether oxygens (including phenoxy) is 1. The van der Waals surface area contributed by atoms with Gasteiger partial charge in [-0.15, -0.1) is 0 Å². The maximum absolute atomic E-state index is 5.78. The summed E-state index contributed by atoms with van der Waals surface area (Å²) in [5.74, 6) is 0.567. The number of rotatable bonds is 2. The Labute approximate surface area is 90.0 Å². The van der Waals surface area contributed by atoms with Crippen molar-refractivity contribution in [2.75, 3.05) is 25.9 Å². The van der Waals surface area contributed by atoms with E-state index in [1.165, 1.54) is 6.42 Å². The van der Waals surface area contributed by atoms with Crippen molar-refractivity contribution in [2.45, 2.75) is 18.9 Å². The van der Waals surface area contributed by atoms with Crippen LogP contribution in [0.4, 0.5) is 5.69 Å². The van der Waals surface area contributed by atoms with Crippen molar-refractivity contribution >= 4 is 5.69 Å². The van der Waals surface area contributed by atoms with E-state index in [2.05, 4.69) is 16.9 Å². The van der Waals surface area contributed by atoms with E-state index in [0.29, 0.717) is 11.6 Å². The van der Waals surface area contributed by atoms with Gasteiger partial charge in [0, 0.05) is 12.7 Å². The number of hydrogen-bond donors (Lipinski definition) is 1. The van der Waals surface area contributed by atoms with Crippen LogP contribution in [0.25, 0.3) is 0 Å². The predicted molar refractivity (Wildman–Crippen MR) is 59.8 cm³/mol. The van der Waals surface area contributed by atoms with E-state index in [9.17, 15) is 0 Å². The first kappa shape index (κ1) is 10.2. The summed E-state index contributed by atoms with van der Waals surface area (Å²) in [5.41, 5.74) is 6.39. The molecule has 0 radical (unpaired) electrons. The summed E-state index contributed by atoms with van der Waals surface area (Å²) < 4.78 is 5.78. The summed E-state index contributed by atoms with van der Waals surface area (Å²) in [6.07, 6.45) is 4.19. The number of aromatic nitrogens is 1. The molecule has 0 aliphatic carbocycles. The van der Waals surface area contributed by atoms with Gasteiger partial charge in [0.15, 0.2) is 0 Å². The van der Waals surface area contributed by atoms with E-state index < -0.39 is 0 Å². The summed E-state index contributed by atoms with van der Waals surface area (Å²) in [5, 5.41) is 0. The number of anilines is 1. The van der Waals surface area contributed by atoms with Crippen molar-refractivity contribution in [3.8, 4) is 5.88 Å². The molecule has 0 amide bonds. The molecule has 82 valence electrons. The van der Waals surface area contributed by atoms with Crippen molar-refractivity contribution in [3.05, 3.63) is 18.3 Å². The molecule has 4 heteroatoms. The second-order valence-electron chi connectivity index (χ2n) is 4.04. The number of nitrogen functional groups attached to an aromatic ring is 1. The van der Waals surface area contributed by atoms with Crippen LogP contribution < -0.4 is 10.5 Å². The maximum atomic E-state index is 5.78. The van der Waals surface area contributed by atoms with Crippen molar-refractivity contribution < 1.29 is 4.74 Å². The lowest BCUT2D eigenvalue weighted by atomic mass is 10.1. The number of nitrogens with two attached hydrogens (primary N) is 1. The topological polar surface area (TPSA) is 51.4 Å². The highest BCUT2D eigenvalue weighted by atomic mass is 16.5. The normalized spacial score (nSPS) is 22.6. The van der Waals surface area contributed by atoms with E-state index in [4.69, 9.17) is 10.5 Å². The molecule has 0 spiro atoms. The molecule has 0 aromatic carbocycles. The molecule has 0 saturated carbocycles. The number of likely N-dealkylation sites (N-methyl/N-ethyl adjacent to an activating group) is 1. The molecule has 1 saturated heterocycles. The highest BCUT2D eigenvalue weighted by Gasteiger charge is 2.19. The molecule has 1 aliphatic heterocycles. The Morgan fingerprint density at radius 3 is 3.20 bits per heavy atom. The second-order valence-corrected chi connectivity index (χ2v) is 4.04. The third kappa shape index (κ3) is 2.59. The van der Waals surface area contributed by atoms with Gasteiger partial charge in [-0.05, 0) is 38.6 Å². The Bertz CT molecular complexity index is 329. The lowest BCUT2D eigenvalue weighted by molar-refractivity contribution is 0.101. The van der Waals surface area contributed by atoms with Crippen molar-refractivity contribution in [3.63, 3.8) is 0 Å². The first-order valence-electron chi connectivity index (χ1n) is 5.31.